The highest BCUT2D eigenvalue weighted by molar-refractivity contribution is 9.09. The fourth-order valence-corrected chi connectivity index (χ4v) is 3.05. The lowest BCUT2D eigenvalue weighted by Gasteiger charge is -2.15. The number of benzene rings is 2. The molecule has 5 heteroatoms. The van der Waals surface area contributed by atoms with Crippen LogP contribution in [0.3, 0.4) is 0 Å². The zero-order valence-electron chi connectivity index (χ0n) is 11.0. The Bertz CT molecular complexity index is 595. The number of hydrogen-bond donors (Lipinski definition) is 0. The highest BCUT2D eigenvalue weighted by Crippen LogP contribution is 2.39. The molecule has 0 radical (unpaired) electrons. The molecule has 0 saturated heterocycles. The number of halogens is 3. The van der Waals surface area contributed by atoms with Crippen molar-refractivity contribution in [3.05, 3.63) is 57.6 Å². The number of methoxy groups -OCH3 is 2. The first kappa shape index (κ1) is 15.5. The second kappa shape index (κ2) is 6.70. The van der Waals surface area contributed by atoms with Gasteiger partial charge in [0.25, 0.3) is 0 Å². The van der Waals surface area contributed by atoms with Crippen LogP contribution in [-0.2, 0) is 0 Å². The molecule has 0 fully saturated rings. The Morgan fingerprint density at radius 1 is 0.950 bits per heavy atom. The van der Waals surface area contributed by atoms with Crippen LogP contribution in [0, 0.1) is 0 Å². The summed E-state index contributed by atoms with van der Waals surface area (Å²) in [5, 5.41) is 1.29. The molecule has 2 rings (SSSR count). The number of rotatable bonds is 4. The number of ether oxygens (including phenoxy) is 2. The van der Waals surface area contributed by atoms with Crippen LogP contribution < -0.4 is 9.47 Å². The summed E-state index contributed by atoms with van der Waals surface area (Å²) in [7, 11) is 3.24. The smallest absolute Gasteiger partial charge is 0.122 e. The maximum Gasteiger partial charge on any atom is 0.122 e. The van der Waals surface area contributed by atoms with Crippen molar-refractivity contribution < 1.29 is 9.47 Å². The van der Waals surface area contributed by atoms with E-state index in [2.05, 4.69) is 15.9 Å². The van der Waals surface area contributed by atoms with Gasteiger partial charge in [-0.3, -0.25) is 0 Å². The van der Waals surface area contributed by atoms with Gasteiger partial charge in [-0.15, -0.1) is 0 Å². The van der Waals surface area contributed by atoms with Crippen molar-refractivity contribution in [2.24, 2.45) is 0 Å². The minimum absolute atomic E-state index is 0.0994. The van der Waals surface area contributed by atoms with Crippen molar-refractivity contribution in [3.8, 4) is 11.5 Å². The van der Waals surface area contributed by atoms with Crippen molar-refractivity contribution in [2.45, 2.75) is 4.83 Å². The molecule has 0 aromatic heterocycles. The first-order valence-electron chi connectivity index (χ1n) is 5.87. The summed E-state index contributed by atoms with van der Waals surface area (Å²) in [5.41, 5.74) is 1.87. The average Bonchev–Trinajstić information content (AvgIpc) is 2.48. The summed E-state index contributed by atoms with van der Waals surface area (Å²) in [6, 6.07) is 11.1. The summed E-state index contributed by atoms with van der Waals surface area (Å²) in [4.78, 5) is -0.0994. The lowest BCUT2D eigenvalue weighted by molar-refractivity contribution is 0.393. The van der Waals surface area contributed by atoms with Gasteiger partial charge < -0.3 is 9.47 Å². The maximum absolute atomic E-state index is 6.24. The molecule has 1 atom stereocenters. The van der Waals surface area contributed by atoms with Crippen molar-refractivity contribution in [1.82, 2.24) is 0 Å². The van der Waals surface area contributed by atoms with E-state index in [1.165, 1.54) is 0 Å². The van der Waals surface area contributed by atoms with Crippen molar-refractivity contribution in [1.29, 1.82) is 0 Å². The quantitative estimate of drug-likeness (QED) is 0.657. The first-order valence-corrected chi connectivity index (χ1v) is 7.54. The highest BCUT2D eigenvalue weighted by atomic mass is 79.9. The lowest BCUT2D eigenvalue weighted by Crippen LogP contribution is -1.97. The van der Waals surface area contributed by atoms with E-state index < -0.39 is 0 Å². The van der Waals surface area contributed by atoms with Gasteiger partial charge >= 0.3 is 0 Å². The van der Waals surface area contributed by atoms with E-state index in [9.17, 15) is 0 Å². The molecule has 0 aliphatic heterocycles. The molecule has 106 valence electrons. The van der Waals surface area contributed by atoms with Gasteiger partial charge in [-0.25, -0.2) is 0 Å². The predicted molar refractivity (Wildman–Crippen MR) is 86.8 cm³/mol. The Hall–Kier alpha value is -0.900. The molecule has 2 aromatic carbocycles. The van der Waals surface area contributed by atoms with Crippen LogP contribution in [0.1, 0.15) is 16.0 Å². The van der Waals surface area contributed by atoms with E-state index in [-0.39, 0.29) is 4.83 Å². The first-order chi connectivity index (χ1) is 9.55. The van der Waals surface area contributed by atoms with Crippen LogP contribution in [0.2, 0.25) is 10.0 Å². The normalized spacial score (nSPS) is 12.1. The van der Waals surface area contributed by atoms with Gasteiger partial charge in [-0.05, 0) is 41.5 Å². The van der Waals surface area contributed by atoms with E-state index >= 15 is 0 Å². The fraction of sp³-hybridized carbons (Fsp3) is 0.200. The Balaban J connectivity index is 2.46. The Kier molecular flexibility index (Phi) is 5.19. The molecule has 2 nitrogen and oxygen atoms in total. The Morgan fingerprint density at radius 2 is 1.55 bits per heavy atom. The molecule has 0 bridgehead atoms. The second-order valence-corrected chi connectivity index (χ2v) is 5.93. The van der Waals surface area contributed by atoms with Gasteiger partial charge in [0.15, 0.2) is 0 Å². The molecular formula is C15H13BrCl2O2. The standard InChI is InChI=1S/C15H13BrCl2O2/c1-19-11-5-9(6-12(8-11)20-2)15(16)13-7-10(17)3-4-14(13)18/h3-8,15H,1-2H3. The molecule has 2 aromatic rings. The van der Waals surface area contributed by atoms with Gasteiger partial charge in [0, 0.05) is 16.1 Å². The lowest BCUT2D eigenvalue weighted by atomic mass is 10.0. The van der Waals surface area contributed by atoms with E-state index in [1.54, 1.807) is 26.4 Å². The zero-order valence-corrected chi connectivity index (χ0v) is 14.1. The van der Waals surface area contributed by atoms with E-state index in [1.807, 2.05) is 24.3 Å². The van der Waals surface area contributed by atoms with Crippen molar-refractivity contribution >= 4 is 39.1 Å². The minimum atomic E-state index is -0.0994. The van der Waals surface area contributed by atoms with Gasteiger partial charge in [-0.2, -0.15) is 0 Å². The van der Waals surface area contributed by atoms with E-state index in [0.29, 0.717) is 10.0 Å². The molecule has 20 heavy (non-hydrogen) atoms. The number of hydrogen-bond acceptors (Lipinski definition) is 2. The molecule has 0 amide bonds. The highest BCUT2D eigenvalue weighted by Gasteiger charge is 2.16. The number of alkyl halides is 1. The largest absolute Gasteiger partial charge is 0.497 e. The summed E-state index contributed by atoms with van der Waals surface area (Å²) < 4.78 is 10.6. The van der Waals surface area contributed by atoms with Gasteiger partial charge in [0.2, 0.25) is 0 Å². The Labute approximate surface area is 136 Å². The van der Waals surface area contributed by atoms with Crippen LogP contribution in [0.5, 0.6) is 11.5 Å². The monoisotopic (exact) mass is 374 g/mol. The molecule has 0 saturated carbocycles. The third-order valence-electron chi connectivity index (χ3n) is 2.90. The summed E-state index contributed by atoms with van der Waals surface area (Å²) in [6.45, 7) is 0. The molecule has 0 aliphatic carbocycles. The average molecular weight is 376 g/mol. The molecule has 0 heterocycles. The molecule has 0 spiro atoms. The van der Waals surface area contributed by atoms with Crippen molar-refractivity contribution in [3.63, 3.8) is 0 Å². The fourth-order valence-electron chi connectivity index (χ4n) is 1.86. The van der Waals surface area contributed by atoms with E-state index in [0.717, 1.165) is 22.6 Å². The molecular weight excluding hydrogens is 363 g/mol. The molecule has 0 aliphatic rings. The minimum Gasteiger partial charge on any atom is -0.497 e. The second-order valence-electron chi connectivity index (χ2n) is 4.17. The summed E-state index contributed by atoms with van der Waals surface area (Å²) in [6.07, 6.45) is 0. The Morgan fingerprint density at radius 3 is 2.10 bits per heavy atom. The van der Waals surface area contributed by atoms with Gasteiger partial charge in [0.05, 0.1) is 19.0 Å². The van der Waals surface area contributed by atoms with Gasteiger partial charge in [-0.1, -0.05) is 39.1 Å². The van der Waals surface area contributed by atoms with Crippen LogP contribution in [0.15, 0.2) is 36.4 Å². The van der Waals surface area contributed by atoms with Gasteiger partial charge in [0.1, 0.15) is 11.5 Å². The topological polar surface area (TPSA) is 18.5 Å². The summed E-state index contributed by atoms with van der Waals surface area (Å²) in [5.74, 6) is 1.45. The van der Waals surface area contributed by atoms with Crippen LogP contribution in [0.4, 0.5) is 0 Å². The predicted octanol–water partition coefficient (Wildman–Crippen LogP) is 5.49. The van der Waals surface area contributed by atoms with Crippen molar-refractivity contribution in [2.75, 3.05) is 14.2 Å². The van der Waals surface area contributed by atoms with Crippen LogP contribution in [-0.4, -0.2) is 14.2 Å². The maximum atomic E-state index is 6.24. The zero-order chi connectivity index (χ0) is 14.7. The third kappa shape index (κ3) is 3.40. The third-order valence-corrected chi connectivity index (χ3v) is 4.50. The molecule has 1 unspecified atom stereocenters. The van der Waals surface area contributed by atoms with Crippen LogP contribution >= 0.6 is 39.1 Å². The SMILES string of the molecule is COc1cc(OC)cc(C(Br)c2cc(Cl)ccc2Cl)c1. The molecule has 0 N–H and O–H groups in total. The summed E-state index contributed by atoms with van der Waals surface area (Å²) >= 11 is 15.9. The van der Waals surface area contributed by atoms with E-state index in [4.69, 9.17) is 32.7 Å². The van der Waals surface area contributed by atoms with Crippen LogP contribution in [0.25, 0.3) is 0 Å².